The molecule has 0 aliphatic heterocycles. The topological polar surface area (TPSA) is 70.6 Å². The van der Waals surface area contributed by atoms with Gasteiger partial charge in [0.25, 0.3) is 0 Å². The van der Waals surface area contributed by atoms with E-state index < -0.39 is 0 Å². The van der Waals surface area contributed by atoms with Crippen molar-refractivity contribution in [3.63, 3.8) is 0 Å². The van der Waals surface area contributed by atoms with Crippen molar-refractivity contribution in [3.05, 3.63) is 24.3 Å². The SMILES string of the molecule is CCCC(CCO)CNC(=O)Nc1cccc(OCC)c1. The third-order valence-electron chi connectivity index (χ3n) is 3.19. The molecule has 5 heteroatoms. The van der Waals surface area contributed by atoms with Crippen LogP contribution in [0.25, 0.3) is 0 Å². The zero-order valence-corrected chi connectivity index (χ0v) is 12.9. The molecule has 3 N–H and O–H groups in total. The molecule has 118 valence electrons. The third-order valence-corrected chi connectivity index (χ3v) is 3.19. The van der Waals surface area contributed by atoms with Crippen LogP contribution in [0.1, 0.15) is 33.1 Å². The van der Waals surface area contributed by atoms with E-state index in [1.165, 1.54) is 0 Å². The fourth-order valence-electron chi connectivity index (χ4n) is 2.18. The van der Waals surface area contributed by atoms with Crippen LogP contribution < -0.4 is 15.4 Å². The maximum absolute atomic E-state index is 11.9. The minimum atomic E-state index is -0.234. The first kappa shape index (κ1) is 17.3. The number of aliphatic hydroxyl groups excluding tert-OH is 1. The van der Waals surface area contributed by atoms with Gasteiger partial charge in [0.05, 0.1) is 6.61 Å². The molecule has 1 unspecified atom stereocenters. The van der Waals surface area contributed by atoms with E-state index in [4.69, 9.17) is 9.84 Å². The second kappa shape index (κ2) is 10.0. The number of nitrogens with one attached hydrogen (secondary N) is 2. The van der Waals surface area contributed by atoms with Crippen LogP contribution in [-0.4, -0.2) is 30.9 Å². The number of amides is 2. The van der Waals surface area contributed by atoms with E-state index in [0.717, 1.165) is 18.6 Å². The summed E-state index contributed by atoms with van der Waals surface area (Å²) < 4.78 is 5.39. The van der Waals surface area contributed by atoms with E-state index in [-0.39, 0.29) is 12.6 Å². The smallest absolute Gasteiger partial charge is 0.319 e. The molecule has 0 aromatic heterocycles. The predicted octanol–water partition coefficient (Wildman–Crippen LogP) is 3.01. The summed E-state index contributed by atoms with van der Waals surface area (Å²) in [6.07, 6.45) is 2.76. The maximum Gasteiger partial charge on any atom is 0.319 e. The van der Waals surface area contributed by atoms with Crippen molar-refractivity contribution in [2.24, 2.45) is 5.92 Å². The fourth-order valence-corrected chi connectivity index (χ4v) is 2.18. The molecule has 1 aromatic rings. The van der Waals surface area contributed by atoms with Gasteiger partial charge in [0.15, 0.2) is 0 Å². The van der Waals surface area contributed by atoms with Crippen LogP contribution >= 0.6 is 0 Å². The number of benzene rings is 1. The normalized spacial score (nSPS) is 11.8. The van der Waals surface area contributed by atoms with Gasteiger partial charge in [-0.2, -0.15) is 0 Å². The Bertz CT molecular complexity index is 418. The Morgan fingerprint density at radius 3 is 2.81 bits per heavy atom. The standard InChI is InChI=1S/C16H26N2O3/c1-3-6-13(9-10-19)12-17-16(20)18-14-7-5-8-15(11-14)21-4-2/h5,7-8,11,13,19H,3-4,6,9-10,12H2,1-2H3,(H2,17,18,20). The lowest BCUT2D eigenvalue weighted by Crippen LogP contribution is -2.33. The molecular formula is C16H26N2O3. The first-order chi connectivity index (χ1) is 10.2. The van der Waals surface area contributed by atoms with Gasteiger partial charge in [-0.1, -0.05) is 19.4 Å². The number of rotatable bonds is 9. The van der Waals surface area contributed by atoms with Crippen molar-refractivity contribution in [1.82, 2.24) is 5.32 Å². The number of carbonyl (C=O) groups is 1. The van der Waals surface area contributed by atoms with E-state index in [2.05, 4.69) is 17.6 Å². The van der Waals surface area contributed by atoms with Gasteiger partial charge in [-0.05, 0) is 37.8 Å². The molecule has 0 saturated carbocycles. The monoisotopic (exact) mass is 294 g/mol. The average Bonchev–Trinajstić information content (AvgIpc) is 2.46. The summed E-state index contributed by atoms with van der Waals surface area (Å²) in [5.74, 6) is 1.06. The van der Waals surface area contributed by atoms with E-state index in [1.807, 2.05) is 25.1 Å². The van der Waals surface area contributed by atoms with Crippen molar-refractivity contribution >= 4 is 11.7 Å². The molecule has 0 spiro atoms. The number of anilines is 1. The van der Waals surface area contributed by atoms with Crippen LogP contribution in [0.5, 0.6) is 5.75 Å². The molecule has 5 nitrogen and oxygen atoms in total. The molecular weight excluding hydrogens is 268 g/mol. The number of carbonyl (C=O) groups excluding carboxylic acids is 1. The first-order valence-electron chi connectivity index (χ1n) is 7.58. The van der Waals surface area contributed by atoms with Gasteiger partial charge in [-0.3, -0.25) is 0 Å². The summed E-state index contributed by atoms with van der Waals surface area (Å²) in [5.41, 5.74) is 0.702. The summed E-state index contributed by atoms with van der Waals surface area (Å²) in [6.45, 7) is 5.34. The minimum Gasteiger partial charge on any atom is -0.494 e. The van der Waals surface area contributed by atoms with Crippen LogP contribution in [0.2, 0.25) is 0 Å². The van der Waals surface area contributed by atoms with Crippen LogP contribution in [-0.2, 0) is 0 Å². The van der Waals surface area contributed by atoms with E-state index in [9.17, 15) is 4.79 Å². The molecule has 1 rings (SSSR count). The quantitative estimate of drug-likeness (QED) is 0.655. The van der Waals surface area contributed by atoms with Crippen LogP contribution in [0.3, 0.4) is 0 Å². The highest BCUT2D eigenvalue weighted by Crippen LogP contribution is 2.17. The van der Waals surface area contributed by atoms with E-state index in [1.54, 1.807) is 6.07 Å². The van der Waals surface area contributed by atoms with E-state index in [0.29, 0.717) is 31.2 Å². The second-order valence-electron chi connectivity index (χ2n) is 4.96. The Balaban J connectivity index is 2.43. The lowest BCUT2D eigenvalue weighted by molar-refractivity contribution is 0.236. The Morgan fingerprint density at radius 2 is 2.14 bits per heavy atom. The second-order valence-corrected chi connectivity index (χ2v) is 4.96. The van der Waals surface area contributed by atoms with Crippen LogP contribution in [0.15, 0.2) is 24.3 Å². The number of aliphatic hydroxyl groups is 1. The third kappa shape index (κ3) is 6.99. The van der Waals surface area contributed by atoms with Gasteiger partial charge in [-0.15, -0.1) is 0 Å². The average molecular weight is 294 g/mol. The maximum atomic E-state index is 11.9. The predicted molar refractivity (Wildman–Crippen MR) is 84.7 cm³/mol. The number of urea groups is 1. The van der Waals surface area contributed by atoms with E-state index >= 15 is 0 Å². The summed E-state index contributed by atoms with van der Waals surface area (Å²) in [5, 5.41) is 14.6. The lowest BCUT2D eigenvalue weighted by atomic mass is 10.0. The molecule has 0 aliphatic carbocycles. The molecule has 21 heavy (non-hydrogen) atoms. The fraction of sp³-hybridized carbons (Fsp3) is 0.562. The van der Waals surface area contributed by atoms with Gasteiger partial charge in [-0.25, -0.2) is 4.79 Å². The number of ether oxygens (including phenoxy) is 1. The first-order valence-corrected chi connectivity index (χ1v) is 7.58. The number of hydrogen-bond acceptors (Lipinski definition) is 3. The van der Waals surface area contributed by atoms with Gasteiger partial charge in [0.1, 0.15) is 5.75 Å². The molecule has 0 heterocycles. The summed E-state index contributed by atoms with van der Waals surface area (Å²) in [6, 6.07) is 7.07. The van der Waals surface area contributed by atoms with Crippen molar-refractivity contribution < 1.29 is 14.6 Å². The summed E-state index contributed by atoms with van der Waals surface area (Å²) in [4.78, 5) is 11.9. The molecule has 2 amide bonds. The molecule has 0 fully saturated rings. The van der Waals surface area contributed by atoms with Crippen LogP contribution in [0, 0.1) is 5.92 Å². The van der Waals surface area contributed by atoms with Gasteiger partial charge in [0, 0.05) is 24.9 Å². The lowest BCUT2D eigenvalue weighted by Gasteiger charge is -2.16. The van der Waals surface area contributed by atoms with Crippen LogP contribution in [0.4, 0.5) is 10.5 Å². The molecule has 1 atom stereocenters. The van der Waals surface area contributed by atoms with Gasteiger partial charge in [0.2, 0.25) is 0 Å². The van der Waals surface area contributed by atoms with Crippen molar-refractivity contribution in [3.8, 4) is 5.75 Å². The molecule has 0 radical (unpaired) electrons. The van der Waals surface area contributed by atoms with Gasteiger partial charge >= 0.3 is 6.03 Å². The molecule has 0 saturated heterocycles. The summed E-state index contributed by atoms with van der Waals surface area (Å²) in [7, 11) is 0. The number of hydrogen-bond donors (Lipinski definition) is 3. The highest BCUT2D eigenvalue weighted by molar-refractivity contribution is 5.89. The highest BCUT2D eigenvalue weighted by atomic mass is 16.5. The van der Waals surface area contributed by atoms with Crippen molar-refractivity contribution in [2.75, 3.05) is 25.1 Å². The molecule has 0 bridgehead atoms. The Labute approximate surface area is 126 Å². The molecule has 0 aliphatic rings. The summed E-state index contributed by atoms with van der Waals surface area (Å²) >= 11 is 0. The minimum absolute atomic E-state index is 0.157. The van der Waals surface area contributed by atoms with Crippen molar-refractivity contribution in [2.45, 2.75) is 33.1 Å². The Kier molecular flexibility index (Phi) is 8.28. The Hall–Kier alpha value is -1.75. The van der Waals surface area contributed by atoms with Crippen molar-refractivity contribution in [1.29, 1.82) is 0 Å². The largest absolute Gasteiger partial charge is 0.494 e. The highest BCUT2D eigenvalue weighted by Gasteiger charge is 2.09. The zero-order valence-electron chi connectivity index (χ0n) is 12.9. The van der Waals surface area contributed by atoms with Gasteiger partial charge < -0.3 is 20.5 Å². The molecule has 1 aromatic carbocycles. The Morgan fingerprint density at radius 1 is 1.33 bits per heavy atom. The zero-order chi connectivity index (χ0) is 15.5.